The van der Waals surface area contributed by atoms with Crippen molar-refractivity contribution in [1.29, 1.82) is 5.26 Å². The molecule has 6 nitrogen and oxygen atoms in total. The largest absolute Gasteiger partial charge is 0.480 e. The van der Waals surface area contributed by atoms with Crippen molar-refractivity contribution >= 4 is 12.0 Å². The van der Waals surface area contributed by atoms with Crippen LogP contribution in [-0.2, 0) is 4.79 Å². The predicted molar refractivity (Wildman–Crippen MR) is 57.7 cm³/mol. The van der Waals surface area contributed by atoms with E-state index in [-0.39, 0.29) is 12.5 Å². The molecule has 2 amide bonds. The lowest BCUT2D eigenvalue weighted by Crippen LogP contribution is -2.47. The van der Waals surface area contributed by atoms with Gasteiger partial charge in [-0.25, -0.2) is 9.59 Å². The molecule has 0 aliphatic rings. The minimum atomic E-state index is -1.02. The van der Waals surface area contributed by atoms with Crippen LogP contribution in [0, 0.1) is 11.3 Å². The van der Waals surface area contributed by atoms with Crippen molar-refractivity contribution < 1.29 is 14.7 Å². The third-order valence-corrected chi connectivity index (χ3v) is 2.33. The molecule has 0 saturated heterocycles. The van der Waals surface area contributed by atoms with Crippen LogP contribution in [0.15, 0.2) is 0 Å². The summed E-state index contributed by atoms with van der Waals surface area (Å²) in [4.78, 5) is 25.1. The van der Waals surface area contributed by atoms with E-state index < -0.39 is 12.0 Å². The van der Waals surface area contributed by atoms with Gasteiger partial charge in [0.05, 0.1) is 12.5 Å². The van der Waals surface area contributed by atoms with Gasteiger partial charge in [-0.05, 0) is 6.42 Å². The van der Waals surface area contributed by atoms with Gasteiger partial charge in [0.1, 0.15) is 6.04 Å². The molecule has 1 atom stereocenters. The van der Waals surface area contributed by atoms with E-state index in [1.807, 2.05) is 6.07 Å². The molecule has 0 aromatic carbocycles. The summed E-state index contributed by atoms with van der Waals surface area (Å²) < 4.78 is 0. The average molecular weight is 227 g/mol. The lowest BCUT2D eigenvalue weighted by atomic mass is 10.2. The Hall–Kier alpha value is -1.77. The van der Waals surface area contributed by atoms with Crippen LogP contribution < -0.4 is 0 Å². The van der Waals surface area contributed by atoms with Crippen molar-refractivity contribution in [3.63, 3.8) is 0 Å². The van der Waals surface area contributed by atoms with Crippen LogP contribution >= 0.6 is 0 Å². The number of carboxylic acids is 1. The number of carboxylic acid groups (broad SMARTS) is 1. The highest BCUT2D eigenvalue weighted by Crippen LogP contribution is 2.05. The highest BCUT2D eigenvalue weighted by Gasteiger charge is 2.26. The first-order chi connectivity index (χ1) is 7.45. The zero-order valence-corrected chi connectivity index (χ0v) is 9.80. The quantitative estimate of drug-likeness (QED) is 0.751. The Bertz CT molecular complexity index is 298. The van der Waals surface area contributed by atoms with Crippen molar-refractivity contribution in [2.45, 2.75) is 25.8 Å². The van der Waals surface area contributed by atoms with Crippen LogP contribution in [0.3, 0.4) is 0 Å². The summed E-state index contributed by atoms with van der Waals surface area (Å²) in [6.07, 6.45) is 0.587. The summed E-state index contributed by atoms with van der Waals surface area (Å²) in [6.45, 7) is 2.01. The second kappa shape index (κ2) is 6.67. The van der Waals surface area contributed by atoms with Crippen LogP contribution in [-0.4, -0.2) is 53.6 Å². The molecule has 0 fully saturated rings. The van der Waals surface area contributed by atoms with Crippen LogP contribution in [0.4, 0.5) is 4.79 Å². The highest BCUT2D eigenvalue weighted by molar-refractivity contribution is 5.82. The van der Waals surface area contributed by atoms with E-state index in [0.717, 1.165) is 0 Å². The van der Waals surface area contributed by atoms with Crippen molar-refractivity contribution in [2.75, 3.05) is 20.6 Å². The van der Waals surface area contributed by atoms with Crippen molar-refractivity contribution in [3.05, 3.63) is 0 Å². The number of rotatable bonds is 5. The Morgan fingerprint density at radius 1 is 1.44 bits per heavy atom. The van der Waals surface area contributed by atoms with E-state index in [4.69, 9.17) is 10.4 Å². The number of urea groups is 1. The molecular weight excluding hydrogens is 210 g/mol. The van der Waals surface area contributed by atoms with Gasteiger partial charge in [0.2, 0.25) is 0 Å². The van der Waals surface area contributed by atoms with Gasteiger partial charge in [0.15, 0.2) is 0 Å². The molecule has 0 bridgehead atoms. The molecule has 0 saturated carbocycles. The fraction of sp³-hybridized carbons (Fsp3) is 0.700. The number of nitriles is 1. The number of carbonyl (C=O) groups is 2. The maximum atomic E-state index is 11.7. The summed E-state index contributed by atoms with van der Waals surface area (Å²) in [5, 5.41) is 17.3. The third-order valence-electron chi connectivity index (χ3n) is 2.33. The van der Waals surface area contributed by atoms with Gasteiger partial charge in [-0.1, -0.05) is 6.92 Å². The Morgan fingerprint density at radius 2 is 2.00 bits per heavy atom. The van der Waals surface area contributed by atoms with Gasteiger partial charge in [0, 0.05) is 20.6 Å². The topological polar surface area (TPSA) is 84.6 Å². The number of aliphatic carboxylic acids is 1. The molecule has 6 heteroatoms. The SMILES string of the molecule is CCC(C(=O)O)N(C)C(=O)N(C)CCC#N. The molecule has 16 heavy (non-hydrogen) atoms. The first-order valence-corrected chi connectivity index (χ1v) is 5.03. The highest BCUT2D eigenvalue weighted by atomic mass is 16.4. The molecule has 0 aliphatic heterocycles. The number of hydrogen-bond donors (Lipinski definition) is 1. The van der Waals surface area contributed by atoms with Crippen LogP contribution in [0.5, 0.6) is 0 Å². The second-order valence-corrected chi connectivity index (χ2v) is 3.49. The molecule has 0 aromatic heterocycles. The summed E-state index contributed by atoms with van der Waals surface area (Å²) in [5.74, 6) is -1.02. The molecule has 1 unspecified atom stereocenters. The first kappa shape index (κ1) is 14.2. The molecular formula is C10H17N3O3. The van der Waals surface area contributed by atoms with E-state index in [9.17, 15) is 9.59 Å². The van der Waals surface area contributed by atoms with Gasteiger partial charge in [-0.3, -0.25) is 0 Å². The first-order valence-electron chi connectivity index (χ1n) is 5.03. The van der Waals surface area contributed by atoms with Gasteiger partial charge in [-0.15, -0.1) is 0 Å². The number of carbonyl (C=O) groups excluding carboxylic acids is 1. The van der Waals surface area contributed by atoms with Crippen molar-refractivity contribution in [3.8, 4) is 6.07 Å². The maximum absolute atomic E-state index is 11.7. The molecule has 0 spiro atoms. The maximum Gasteiger partial charge on any atom is 0.326 e. The van der Waals surface area contributed by atoms with Gasteiger partial charge in [0.25, 0.3) is 0 Å². The zero-order chi connectivity index (χ0) is 12.7. The summed E-state index contributed by atoms with van der Waals surface area (Å²) in [5.41, 5.74) is 0. The predicted octanol–water partition coefficient (Wildman–Crippen LogP) is 0.747. The fourth-order valence-electron chi connectivity index (χ4n) is 1.33. The Morgan fingerprint density at radius 3 is 2.38 bits per heavy atom. The number of nitrogens with zero attached hydrogens (tertiary/aromatic N) is 3. The van der Waals surface area contributed by atoms with Gasteiger partial charge < -0.3 is 14.9 Å². The van der Waals surface area contributed by atoms with E-state index >= 15 is 0 Å². The molecule has 1 N–H and O–H groups in total. The summed E-state index contributed by atoms with van der Waals surface area (Å²) >= 11 is 0. The zero-order valence-electron chi connectivity index (χ0n) is 9.80. The molecule has 0 rings (SSSR count). The van der Waals surface area contributed by atoms with Crippen molar-refractivity contribution in [1.82, 2.24) is 9.80 Å². The van der Waals surface area contributed by atoms with E-state index in [1.165, 1.54) is 16.8 Å². The fourth-order valence-corrected chi connectivity index (χ4v) is 1.33. The second-order valence-electron chi connectivity index (χ2n) is 3.49. The number of hydrogen-bond acceptors (Lipinski definition) is 3. The normalized spacial score (nSPS) is 11.4. The van der Waals surface area contributed by atoms with Crippen LogP contribution in [0.25, 0.3) is 0 Å². The average Bonchev–Trinajstić information content (AvgIpc) is 2.24. The lowest BCUT2D eigenvalue weighted by Gasteiger charge is -2.28. The molecule has 0 aromatic rings. The monoisotopic (exact) mass is 227 g/mol. The Labute approximate surface area is 95.1 Å². The van der Waals surface area contributed by atoms with Gasteiger partial charge >= 0.3 is 12.0 Å². The summed E-state index contributed by atoms with van der Waals surface area (Å²) in [6, 6.07) is 0.723. The third kappa shape index (κ3) is 3.77. The summed E-state index contributed by atoms with van der Waals surface area (Å²) in [7, 11) is 3.00. The van der Waals surface area contributed by atoms with Crippen LogP contribution in [0.1, 0.15) is 19.8 Å². The lowest BCUT2D eigenvalue weighted by molar-refractivity contribution is -0.142. The van der Waals surface area contributed by atoms with Gasteiger partial charge in [-0.2, -0.15) is 5.26 Å². The van der Waals surface area contributed by atoms with Crippen LogP contribution in [0.2, 0.25) is 0 Å². The number of amides is 2. The minimum Gasteiger partial charge on any atom is -0.480 e. The molecule has 0 radical (unpaired) electrons. The number of likely N-dealkylation sites (N-methyl/N-ethyl adjacent to an activating group) is 1. The Kier molecular flexibility index (Phi) is 5.93. The smallest absolute Gasteiger partial charge is 0.326 e. The van der Waals surface area contributed by atoms with E-state index in [1.54, 1.807) is 14.0 Å². The van der Waals surface area contributed by atoms with Crippen molar-refractivity contribution in [2.24, 2.45) is 0 Å². The Balaban J connectivity index is 4.47. The molecule has 90 valence electrons. The molecule has 0 aliphatic carbocycles. The van der Waals surface area contributed by atoms with E-state index in [0.29, 0.717) is 13.0 Å². The minimum absolute atomic E-state index is 0.236. The molecule has 0 heterocycles. The van der Waals surface area contributed by atoms with E-state index in [2.05, 4.69) is 0 Å². The standard InChI is InChI=1S/C10H17N3O3/c1-4-8(9(14)15)13(3)10(16)12(2)7-5-6-11/h8H,4-5,7H2,1-3H3,(H,14,15).